The molecule has 0 aliphatic carbocycles. The van der Waals surface area contributed by atoms with E-state index in [2.05, 4.69) is 15.6 Å². The molecule has 0 aliphatic rings. The molecule has 1 heterocycles. The van der Waals surface area contributed by atoms with E-state index in [1.165, 1.54) is 18.3 Å². The summed E-state index contributed by atoms with van der Waals surface area (Å²) < 4.78 is 0. The smallest absolute Gasteiger partial charge is 0.267 e. The number of aryl methyl sites for hydroxylation is 1. The minimum Gasteiger partial charge on any atom is -0.508 e. The fourth-order valence-corrected chi connectivity index (χ4v) is 1.67. The van der Waals surface area contributed by atoms with Gasteiger partial charge < -0.3 is 15.7 Å². The van der Waals surface area contributed by atoms with Gasteiger partial charge in [0.15, 0.2) is 0 Å². The topological polar surface area (TPSA) is 98.0 Å². The molecule has 1 amide bonds. The molecule has 110 valence electrons. The molecule has 0 aliphatic heterocycles. The fraction of sp³-hybridized carbons (Fsp3) is 0.0625. The van der Waals surface area contributed by atoms with Gasteiger partial charge in [-0.05, 0) is 42.8 Å². The van der Waals surface area contributed by atoms with Gasteiger partial charge in [0, 0.05) is 18.1 Å². The Hall–Kier alpha value is -3.33. The molecule has 22 heavy (non-hydrogen) atoms. The zero-order valence-corrected chi connectivity index (χ0v) is 11.9. The maximum absolute atomic E-state index is 12.0. The molecule has 2 rings (SSSR count). The highest BCUT2D eigenvalue weighted by molar-refractivity contribution is 6.06. The van der Waals surface area contributed by atoms with Crippen LogP contribution >= 0.6 is 0 Å². The van der Waals surface area contributed by atoms with E-state index >= 15 is 0 Å². The number of phenolic OH excluding ortho intramolecular Hbond substituents is 1. The Morgan fingerprint density at radius 2 is 2.05 bits per heavy atom. The van der Waals surface area contributed by atoms with Gasteiger partial charge in [0.25, 0.3) is 5.91 Å². The molecule has 6 nitrogen and oxygen atoms in total. The Kier molecular flexibility index (Phi) is 4.73. The Labute approximate surface area is 127 Å². The number of pyridine rings is 1. The third-order valence-corrected chi connectivity index (χ3v) is 2.85. The summed E-state index contributed by atoms with van der Waals surface area (Å²) in [4.78, 5) is 16.1. The van der Waals surface area contributed by atoms with Crippen molar-refractivity contribution in [1.29, 1.82) is 5.26 Å². The lowest BCUT2D eigenvalue weighted by Crippen LogP contribution is -2.14. The lowest BCUT2D eigenvalue weighted by molar-refractivity contribution is -0.112. The number of anilines is 2. The summed E-state index contributed by atoms with van der Waals surface area (Å²) in [6, 6.07) is 11.5. The molecule has 1 aromatic heterocycles. The van der Waals surface area contributed by atoms with Crippen LogP contribution in [0.3, 0.4) is 0 Å². The van der Waals surface area contributed by atoms with Crippen molar-refractivity contribution in [2.24, 2.45) is 0 Å². The molecular weight excluding hydrogens is 280 g/mol. The minimum atomic E-state index is -0.547. The lowest BCUT2D eigenvalue weighted by atomic mass is 10.2. The van der Waals surface area contributed by atoms with E-state index in [4.69, 9.17) is 5.26 Å². The molecule has 0 unspecified atom stereocenters. The number of hydrogen-bond acceptors (Lipinski definition) is 5. The van der Waals surface area contributed by atoms with Crippen LogP contribution in [0.25, 0.3) is 0 Å². The van der Waals surface area contributed by atoms with Crippen molar-refractivity contribution >= 4 is 17.4 Å². The summed E-state index contributed by atoms with van der Waals surface area (Å²) in [7, 11) is 0. The van der Waals surface area contributed by atoms with Crippen LogP contribution in [0, 0.1) is 18.3 Å². The highest BCUT2D eigenvalue weighted by atomic mass is 16.3. The van der Waals surface area contributed by atoms with Crippen LogP contribution in [0.4, 0.5) is 11.5 Å². The first-order valence-electron chi connectivity index (χ1n) is 6.49. The van der Waals surface area contributed by atoms with Crippen molar-refractivity contribution in [2.75, 3.05) is 10.6 Å². The first kappa shape index (κ1) is 15.1. The number of hydrogen-bond donors (Lipinski definition) is 3. The van der Waals surface area contributed by atoms with E-state index in [1.807, 2.05) is 19.1 Å². The maximum atomic E-state index is 12.0. The standard InChI is InChI=1S/C16H14N4O2/c1-11-3-2-8-18-15(11)19-10-12(9-17)16(22)20-13-4-6-14(21)7-5-13/h2-8,10,21H,1H3,(H,18,19)(H,20,22)/b12-10-. The molecule has 0 radical (unpaired) electrons. The molecular formula is C16H14N4O2. The van der Waals surface area contributed by atoms with Crippen LogP contribution in [0.15, 0.2) is 54.4 Å². The van der Waals surface area contributed by atoms with Crippen molar-refractivity contribution in [3.63, 3.8) is 0 Å². The highest BCUT2D eigenvalue weighted by Crippen LogP contribution is 2.15. The Morgan fingerprint density at radius 3 is 2.68 bits per heavy atom. The molecule has 0 saturated heterocycles. The molecule has 3 N–H and O–H groups in total. The molecule has 0 atom stereocenters. The van der Waals surface area contributed by atoms with Gasteiger partial charge in [-0.1, -0.05) is 6.07 Å². The van der Waals surface area contributed by atoms with Crippen molar-refractivity contribution in [3.8, 4) is 11.8 Å². The number of nitriles is 1. The summed E-state index contributed by atoms with van der Waals surface area (Å²) in [5.74, 6) is 0.128. The molecule has 6 heteroatoms. The number of carbonyl (C=O) groups excluding carboxylic acids is 1. The van der Waals surface area contributed by atoms with Crippen LogP contribution in [0.1, 0.15) is 5.56 Å². The predicted octanol–water partition coefficient (Wildman–Crippen LogP) is 2.55. The summed E-state index contributed by atoms with van der Waals surface area (Å²) in [5.41, 5.74) is 1.30. The van der Waals surface area contributed by atoms with Crippen molar-refractivity contribution in [2.45, 2.75) is 6.92 Å². The largest absolute Gasteiger partial charge is 0.508 e. The van der Waals surface area contributed by atoms with Crippen molar-refractivity contribution < 1.29 is 9.90 Å². The highest BCUT2D eigenvalue weighted by Gasteiger charge is 2.09. The van der Waals surface area contributed by atoms with Gasteiger partial charge in [-0.3, -0.25) is 4.79 Å². The third kappa shape index (κ3) is 3.84. The van der Waals surface area contributed by atoms with Crippen LogP contribution in [0.5, 0.6) is 5.75 Å². The average Bonchev–Trinajstić information content (AvgIpc) is 2.52. The van der Waals surface area contributed by atoms with E-state index < -0.39 is 5.91 Å². The minimum absolute atomic E-state index is 0.0851. The molecule has 0 fully saturated rings. The van der Waals surface area contributed by atoms with E-state index in [0.717, 1.165) is 5.56 Å². The van der Waals surface area contributed by atoms with Gasteiger partial charge in [-0.25, -0.2) is 4.98 Å². The predicted molar refractivity (Wildman–Crippen MR) is 83.0 cm³/mol. The monoisotopic (exact) mass is 294 g/mol. The second kappa shape index (κ2) is 6.90. The van der Waals surface area contributed by atoms with Gasteiger partial charge in [0.2, 0.25) is 0 Å². The number of aromatic hydroxyl groups is 1. The summed E-state index contributed by atoms with van der Waals surface area (Å²) in [6.45, 7) is 1.87. The normalized spacial score (nSPS) is 10.6. The van der Waals surface area contributed by atoms with Gasteiger partial charge in [-0.2, -0.15) is 5.26 Å². The summed E-state index contributed by atoms with van der Waals surface area (Å²) in [6.07, 6.45) is 2.93. The van der Waals surface area contributed by atoms with Crippen LogP contribution < -0.4 is 10.6 Å². The Morgan fingerprint density at radius 1 is 1.32 bits per heavy atom. The fourth-order valence-electron chi connectivity index (χ4n) is 1.67. The van der Waals surface area contributed by atoms with Gasteiger partial charge in [0.05, 0.1) is 0 Å². The molecule has 0 saturated carbocycles. The first-order chi connectivity index (χ1) is 10.6. The zero-order valence-electron chi connectivity index (χ0n) is 11.9. The average molecular weight is 294 g/mol. The van der Waals surface area contributed by atoms with Gasteiger partial charge >= 0.3 is 0 Å². The number of rotatable bonds is 4. The second-order valence-corrected chi connectivity index (χ2v) is 4.48. The Balaban J connectivity index is 2.09. The third-order valence-electron chi connectivity index (χ3n) is 2.85. The van der Waals surface area contributed by atoms with Gasteiger partial charge in [0.1, 0.15) is 23.2 Å². The number of benzene rings is 1. The zero-order chi connectivity index (χ0) is 15.9. The first-order valence-corrected chi connectivity index (χ1v) is 6.49. The van der Waals surface area contributed by atoms with Gasteiger partial charge in [-0.15, -0.1) is 0 Å². The number of carbonyl (C=O) groups is 1. The second-order valence-electron chi connectivity index (χ2n) is 4.48. The van der Waals surface area contributed by atoms with E-state index in [0.29, 0.717) is 11.5 Å². The summed E-state index contributed by atoms with van der Waals surface area (Å²) in [5, 5.41) is 23.7. The molecule has 2 aromatic rings. The van der Waals surface area contributed by atoms with Crippen LogP contribution in [0.2, 0.25) is 0 Å². The van der Waals surface area contributed by atoms with E-state index in [9.17, 15) is 9.90 Å². The molecule has 1 aromatic carbocycles. The van der Waals surface area contributed by atoms with Crippen LogP contribution in [-0.4, -0.2) is 16.0 Å². The Bertz CT molecular complexity index is 745. The number of phenols is 1. The van der Waals surface area contributed by atoms with E-state index in [1.54, 1.807) is 24.4 Å². The number of nitrogens with one attached hydrogen (secondary N) is 2. The van der Waals surface area contributed by atoms with E-state index in [-0.39, 0.29) is 11.3 Å². The SMILES string of the molecule is Cc1cccnc1N/C=C(/C#N)C(=O)Nc1ccc(O)cc1. The quantitative estimate of drug-likeness (QED) is 0.457. The maximum Gasteiger partial charge on any atom is 0.267 e. The number of aromatic nitrogens is 1. The molecule has 0 bridgehead atoms. The van der Waals surface area contributed by atoms with Crippen molar-refractivity contribution in [3.05, 3.63) is 59.9 Å². The number of nitrogens with zero attached hydrogens (tertiary/aromatic N) is 2. The number of amides is 1. The van der Waals surface area contributed by atoms with Crippen molar-refractivity contribution in [1.82, 2.24) is 4.98 Å². The summed E-state index contributed by atoms with van der Waals surface area (Å²) >= 11 is 0. The molecule has 0 spiro atoms. The lowest BCUT2D eigenvalue weighted by Gasteiger charge is -2.06. The van der Waals surface area contributed by atoms with Crippen LogP contribution in [-0.2, 0) is 4.79 Å².